The molecule has 1 aromatic carbocycles. The molecule has 23 heavy (non-hydrogen) atoms. The highest BCUT2D eigenvalue weighted by atomic mass is 16.5. The Bertz CT molecular complexity index is 516. The molecule has 0 atom stereocenters. The van der Waals surface area contributed by atoms with Crippen molar-refractivity contribution in [3.8, 4) is 30.4 Å². The number of benzene rings is 1. The van der Waals surface area contributed by atoms with Gasteiger partial charge in [0.1, 0.15) is 5.75 Å². The zero-order valence-electron chi connectivity index (χ0n) is 14.6. The maximum absolute atomic E-state index is 5.80. The zero-order valence-corrected chi connectivity index (χ0v) is 14.6. The second-order valence-electron chi connectivity index (χ2n) is 6.03. The van der Waals surface area contributed by atoms with E-state index in [-0.39, 0.29) is 0 Å². The molecule has 0 unspecified atom stereocenters. The maximum Gasteiger partial charge on any atom is 0.136 e. The van der Waals surface area contributed by atoms with Crippen molar-refractivity contribution in [3.05, 3.63) is 29.3 Å². The first-order valence-electron chi connectivity index (χ1n) is 9.02. The SMILES string of the molecule is C#Cc1ccc(C#C)c(OCCCCCCCCCCCC)c1. The average molecular weight is 310 g/mol. The first-order chi connectivity index (χ1) is 11.3. The van der Waals surface area contributed by atoms with Crippen molar-refractivity contribution in [2.24, 2.45) is 0 Å². The zero-order chi connectivity index (χ0) is 16.8. The van der Waals surface area contributed by atoms with Crippen LogP contribution in [0.3, 0.4) is 0 Å². The van der Waals surface area contributed by atoms with Crippen LogP contribution in [0.15, 0.2) is 18.2 Å². The molecule has 0 aliphatic carbocycles. The van der Waals surface area contributed by atoms with Gasteiger partial charge in [-0.25, -0.2) is 0 Å². The van der Waals surface area contributed by atoms with E-state index in [1.165, 1.54) is 57.8 Å². The van der Waals surface area contributed by atoms with Gasteiger partial charge in [0, 0.05) is 5.56 Å². The van der Waals surface area contributed by atoms with E-state index in [0.717, 1.165) is 23.3 Å². The van der Waals surface area contributed by atoms with Gasteiger partial charge >= 0.3 is 0 Å². The molecule has 1 rings (SSSR count). The molecule has 0 fully saturated rings. The maximum atomic E-state index is 5.80. The second kappa shape index (κ2) is 12.7. The van der Waals surface area contributed by atoms with Gasteiger partial charge in [0.05, 0.1) is 12.2 Å². The topological polar surface area (TPSA) is 9.23 Å². The summed E-state index contributed by atoms with van der Waals surface area (Å²) >= 11 is 0. The molecule has 0 aliphatic rings. The van der Waals surface area contributed by atoms with E-state index in [0.29, 0.717) is 6.61 Å². The van der Waals surface area contributed by atoms with Gasteiger partial charge in [-0.3, -0.25) is 0 Å². The molecule has 0 radical (unpaired) electrons. The van der Waals surface area contributed by atoms with E-state index in [1.807, 2.05) is 18.2 Å². The van der Waals surface area contributed by atoms with Gasteiger partial charge < -0.3 is 4.74 Å². The minimum atomic E-state index is 0.708. The van der Waals surface area contributed by atoms with Gasteiger partial charge in [-0.15, -0.1) is 12.8 Å². The molecule has 0 N–H and O–H groups in total. The van der Waals surface area contributed by atoms with E-state index >= 15 is 0 Å². The molecular weight excluding hydrogens is 280 g/mol. The van der Waals surface area contributed by atoms with Crippen LogP contribution in [0.25, 0.3) is 0 Å². The van der Waals surface area contributed by atoms with Crippen LogP contribution in [-0.2, 0) is 0 Å². The minimum absolute atomic E-state index is 0.708. The van der Waals surface area contributed by atoms with Gasteiger partial charge in [0.15, 0.2) is 0 Å². The first kappa shape index (κ1) is 19.2. The number of hydrogen-bond acceptors (Lipinski definition) is 1. The number of ether oxygens (including phenoxy) is 1. The quantitative estimate of drug-likeness (QED) is 0.342. The van der Waals surface area contributed by atoms with Crippen LogP contribution in [0.1, 0.15) is 82.3 Å². The summed E-state index contributed by atoms with van der Waals surface area (Å²) in [5.41, 5.74) is 1.58. The van der Waals surface area contributed by atoms with Gasteiger partial charge in [-0.2, -0.15) is 0 Å². The number of rotatable bonds is 12. The van der Waals surface area contributed by atoms with Gasteiger partial charge in [0.2, 0.25) is 0 Å². The lowest BCUT2D eigenvalue weighted by molar-refractivity contribution is 0.303. The summed E-state index contributed by atoms with van der Waals surface area (Å²) in [5, 5.41) is 0. The molecular formula is C22H30O. The lowest BCUT2D eigenvalue weighted by Gasteiger charge is -2.09. The average Bonchev–Trinajstić information content (AvgIpc) is 2.59. The van der Waals surface area contributed by atoms with Gasteiger partial charge in [0.25, 0.3) is 0 Å². The van der Waals surface area contributed by atoms with Crippen LogP contribution >= 0.6 is 0 Å². The summed E-state index contributed by atoms with van der Waals surface area (Å²) in [4.78, 5) is 0. The Kier molecular flexibility index (Phi) is 10.6. The number of hydrogen-bond donors (Lipinski definition) is 0. The van der Waals surface area contributed by atoms with Crippen molar-refractivity contribution in [2.45, 2.75) is 71.1 Å². The molecule has 0 heterocycles. The van der Waals surface area contributed by atoms with E-state index in [4.69, 9.17) is 17.6 Å². The Labute approximate surface area is 142 Å². The Hall–Kier alpha value is -1.86. The fourth-order valence-electron chi connectivity index (χ4n) is 2.62. The lowest BCUT2D eigenvalue weighted by Crippen LogP contribution is -1.99. The Morgan fingerprint density at radius 2 is 1.43 bits per heavy atom. The lowest BCUT2D eigenvalue weighted by atomic mass is 10.1. The highest BCUT2D eigenvalue weighted by Crippen LogP contribution is 2.20. The summed E-state index contributed by atoms with van der Waals surface area (Å²) in [5.74, 6) is 5.99. The summed E-state index contributed by atoms with van der Waals surface area (Å²) in [6.07, 6.45) is 24.1. The van der Waals surface area contributed by atoms with Crippen molar-refractivity contribution in [3.63, 3.8) is 0 Å². The monoisotopic (exact) mass is 310 g/mol. The summed E-state index contributed by atoms with van der Waals surface area (Å²) in [6.45, 7) is 2.97. The van der Waals surface area contributed by atoms with Crippen molar-refractivity contribution < 1.29 is 4.74 Å². The molecule has 0 saturated heterocycles. The van der Waals surface area contributed by atoms with Gasteiger partial charge in [-0.1, -0.05) is 76.6 Å². The minimum Gasteiger partial charge on any atom is -0.492 e. The van der Waals surface area contributed by atoms with Crippen LogP contribution in [0.2, 0.25) is 0 Å². The van der Waals surface area contributed by atoms with Crippen molar-refractivity contribution in [1.29, 1.82) is 0 Å². The largest absolute Gasteiger partial charge is 0.492 e. The summed E-state index contributed by atoms with van der Waals surface area (Å²) in [7, 11) is 0. The Morgan fingerprint density at radius 3 is 2.00 bits per heavy atom. The van der Waals surface area contributed by atoms with Crippen LogP contribution in [-0.4, -0.2) is 6.61 Å². The standard InChI is InChI=1S/C22H30O/c1-4-7-8-9-10-11-12-13-14-15-18-23-22-19-20(5-2)16-17-21(22)6-3/h2-3,16-17,19H,4,7-15,18H2,1H3. The first-order valence-corrected chi connectivity index (χ1v) is 9.02. The predicted molar refractivity (Wildman–Crippen MR) is 99.7 cm³/mol. The summed E-state index contributed by atoms with van der Waals surface area (Å²) in [6, 6.07) is 5.55. The summed E-state index contributed by atoms with van der Waals surface area (Å²) < 4.78 is 5.80. The Balaban J connectivity index is 2.09. The van der Waals surface area contributed by atoms with Crippen LogP contribution < -0.4 is 4.74 Å². The molecule has 1 nitrogen and oxygen atoms in total. The molecule has 0 aliphatic heterocycles. The molecule has 0 amide bonds. The van der Waals surface area contributed by atoms with Crippen molar-refractivity contribution >= 4 is 0 Å². The predicted octanol–water partition coefficient (Wildman–Crippen LogP) is 5.95. The molecule has 0 saturated carbocycles. The highest BCUT2D eigenvalue weighted by Gasteiger charge is 2.02. The second-order valence-corrected chi connectivity index (χ2v) is 6.03. The number of terminal acetylenes is 2. The van der Waals surface area contributed by atoms with E-state index in [9.17, 15) is 0 Å². The fraction of sp³-hybridized carbons (Fsp3) is 0.545. The third kappa shape index (κ3) is 8.37. The fourth-order valence-corrected chi connectivity index (χ4v) is 2.62. The smallest absolute Gasteiger partial charge is 0.136 e. The van der Waals surface area contributed by atoms with Crippen LogP contribution in [0.4, 0.5) is 0 Å². The van der Waals surface area contributed by atoms with Crippen molar-refractivity contribution in [1.82, 2.24) is 0 Å². The van der Waals surface area contributed by atoms with Gasteiger partial charge in [-0.05, 0) is 24.6 Å². The van der Waals surface area contributed by atoms with E-state index in [1.54, 1.807) is 0 Å². The van der Waals surface area contributed by atoms with Crippen LogP contribution in [0.5, 0.6) is 5.75 Å². The van der Waals surface area contributed by atoms with E-state index < -0.39 is 0 Å². The molecule has 124 valence electrons. The Morgan fingerprint density at radius 1 is 0.826 bits per heavy atom. The molecule has 0 spiro atoms. The van der Waals surface area contributed by atoms with E-state index in [2.05, 4.69) is 18.8 Å². The normalized spacial score (nSPS) is 10.0. The molecule has 0 bridgehead atoms. The third-order valence-corrected chi connectivity index (χ3v) is 4.06. The molecule has 0 aromatic heterocycles. The highest BCUT2D eigenvalue weighted by molar-refractivity contribution is 5.50. The molecule has 1 aromatic rings. The van der Waals surface area contributed by atoms with Crippen molar-refractivity contribution in [2.75, 3.05) is 6.61 Å². The molecule has 1 heteroatoms. The third-order valence-electron chi connectivity index (χ3n) is 4.06. The number of unbranched alkanes of at least 4 members (excludes halogenated alkanes) is 9. The van der Waals surface area contributed by atoms with Crippen LogP contribution in [0, 0.1) is 24.7 Å².